The SMILES string of the molecule is O=C1COC(=O)N1C1CCN(S(=O)(=O)c2ccc(-c3ccc(Cl)c(Cl)c3)cc2)C1. The van der Waals surface area contributed by atoms with Gasteiger partial charge in [0.05, 0.1) is 21.0 Å². The molecule has 0 radical (unpaired) electrons. The van der Waals surface area contributed by atoms with E-state index < -0.39 is 28.1 Å². The van der Waals surface area contributed by atoms with Crippen LogP contribution in [0, 0.1) is 0 Å². The fourth-order valence-electron chi connectivity index (χ4n) is 3.50. The van der Waals surface area contributed by atoms with Crippen LogP contribution in [0.4, 0.5) is 4.79 Å². The number of sulfonamides is 1. The molecular formula is C19H16Cl2N2O5S. The van der Waals surface area contributed by atoms with Crippen molar-refractivity contribution >= 4 is 45.2 Å². The lowest BCUT2D eigenvalue weighted by Crippen LogP contribution is -2.42. The lowest BCUT2D eigenvalue weighted by Gasteiger charge is -2.20. The predicted octanol–water partition coefficient (Wildman–Crippen LogP) is 3.40. The molecule has 2 aliphatic rings. The maximum atomic E-state index is 13.0. The standard InChI is InChI=1S/C19H16Cl2N2O5S/c20-16-6-3-13(9-17(16)21)12-1-4-15(5-2-12)29(26,27)22-8-7-14(10-22)23-18(24)11-28-19(23)25/h1-6,9,14H,7-8,10-11H2. The van der Waals surface area contributed by atoms with E-state index in [1.54, 1.807) is 30.3 Å². The summed E-state index contributed by atoms with van der Waals surface area (Å²) in [6.45, 7) is -0.0193. The molecule has 2 aromatic rings. The molecule has 2 fully saturated rings. The molecule has 0 N–H and O–H groups in total. The monoisotopic (exact) mass is 454 g/mol. The predicted molar refractivity (Wildman–Crippen MR) is 107 cm³/mol. The van der Waals surface area contributed by atoms with Crippen LogP contribution < -0.4 is 0 Å². The van der Waals surface area contributed by atoms with Crippen LogP contribution in [0.2, 0.25) is 10.0 Å². The van der Waals surface area contributed by atoms with Crippen molar-refractivity contribution in [2.75, 3.05) is 19.7 Å². The Labute approximate surface area is 177 Å². The fraction of sp³-hybridized carbons (Fsp3) is 0.263. The largest absolute Gasteiger partial charge is 0.439 e. The van der Waals surface area contributed by atoms with Crippen LogP contribution in [0.25, 0.3) is 11.1 Å². The lowest BCUT2D eigenvalue weighted by molar-refractivity contribution is -0.127. The van der Waals surface area contributed by atoms with E-state index in [0.717, 1.165) is 16.0 Å². The van der Waals surface area contributed by atoms with Crippen molar-refractivity contribution in [1.29, 1.82) is 0 Å². The zero-order valence-electron chi connectivity index (χ0n) is 15.0. The highest BCUT2D eigenvalue weighted by molar-refractivity contribution is 7.89. The number of cyclic esters (lactones) is 1. The number of hydrogen-bond acceptors (Lipinski definition) is 5. The van der Waals surface area contributed by atoms with E-state index in [1.807, 2.05) is 0 Å². The topological polar surface area (TPSA) is 84.0 Å². The lowest BCUT2D eigenvalue weighted by atomic mass is 10.1. The van der Waals surface area contributed by atoms with Crippen LogP contribution in [0.1, 0.15) is 6.42 Å². The maximum absolute atomic E-state index is 13.0. The van der Waals surface area contributed by atoms with Gasteiger partial charge in [0, 0.05) is 13.1 Å². The van der Waals surface area contributed by atoms with Gasteiger partial charge in [-0.05, 0) is 41.8 Å². The van der Waals surface area contributed by atoms with Crippen LogP contribution in [-0.2, 0) is 19.6 Å². The summed E-state index contributed by atoms with van der Waals surface area (Å²) in [5, 5.41) is 0.859. The smallest absolute Gasteiger partial charge is 0.417 e. The Morgan fingerprint density at radius 3 is 2.28 bits per heavy atom. The summed E-state index contributed by atoms with van der Waals surface area (Å²) < 4.78 is 31.9. The Balaban J connectivity index is 1.52. The van der Waals surface area contributed by atoms with Crippen LogP contribution in [0.15, 0.2) is 47.4 Å². The number of halogens is 2. The third kappa shape index (κ3) is 3.73. The minimum absolute atomic E-state index is 0.0533. The number of benzene rings is 2. The van der Waals surface area contributed by atoms with Gasteiger partial charge in [0.15, 0.2) is 6.61 Å². The maximum Gasteiger partial charge on any atom is 0.417 e. The van der Waals surface area contributed by atoms with E-state index in [9.17, 15) is 18.0 Å². The normalized spacial score (nSPS) is 20.3. The quantitative estimate of drug-likeness (QED) is 0.706. The van der Waals surface area contributed by atoms with E-state index in [1.165, 1.54) is 16.4 Å². The van der Waals surface area contributed by atoms with E-state index in [2.05, 4.69) is 0 Å². The molecule has 2 aromatic carbocycles. The molecule has 1 unspecified atom stereocenters. The molecule has 4 rings (SSSR count). The van der Waals surface area contributed by atoms with Crippen LogP contribution >= 0.6 is 23.2 Å². The Morgan fingerprint density at radius 1 is 0.966 bits per heavy atom. The molecule has 0 spiro atoms. The highest BCUT2D eigenvalue weighted by Gasteiger charge is 2.43. The highest BCUT2D eigenvalue weighted by atomic mass is 35.5. The Kier molecular flexibility index (Phi) is 5.29. The van der Waals surface area contributed by atoms with E-state index in [4.69, 9.17) is 27.9 Å². The zero-order chi connectivity index (χ0) is 20.8. The summed E-state index contributed by atoms with van der Waals surface area (Å²) in [4.78, 5) is 24.7. The first-order valence-corrected chi connectivity index (χ1v) is 11.0. The molecule has 2 amide bonds. The number of nitrogens with zero attached hydrogens (tertiary/aromatic N) is 2. The van der Waals surface area contributed by atoms with Gasteiger partial charge >= 0.3 is 6.09 Å². The van der Waals surface area contributed by atoms with Crippen molar-refractivity contribution in [3.63, 3.8) is 0 Å². The molecule has 10 heteroatoms. The third-order valence-corrected chi connectivity index (χ3v) is 7.64. The second-order valence-electron chi connectivity index (χ2n) is 6.78. The number of carbonyl (C=O) groups excluding carboxylic acids is 2. The molecule has 152 valence electrons. The van der Waals surface area contributed by atoms with Gasteiger partial charge in [-0.1, -0.05) is 41.4 Å². The van der Waals surface area contributed by atoms with Crippen LogP contribution in [-0.4, -0.2) is 55.4 Å². The van der Waals surface area contributed by atoms with Crippen molar-refractivity contribution in [1.82, 2.24) is 9.21 Å². The first-order chi connectivity index (χ1) is 13.8. The molecular weight excluding hydrogens is 439 g/mol. The van der Waals surface area contributed by atoms with Crippen molar-refractivity contribution in [2.45, 2.75) is 17.4 Å². The first-order valence-electron chi connectivity index (χ1n) is 8.82. The number of amides is 2. The van der Waals surface area contributed by atoms with Gasteiger partial charge < -0.3 is 4.74 Å². The van der Waals surface area contributed by atoms with Crippen molar-refractivity contribution in [2.24, 2.45) is 0 Å². The second kappa shape index (κ2) is 7.60. The molecule has 29 heavy (non-hydrogen) atoms. The summed E-state index contributed by atoms with van der Waals surface area (Å²) in [6, 6.07) is 11.1. The van der Waals surface area contributed by atoms with Crippen LogP contribution in [0.3, 0.4) is 0 Å². The molecule has 2 saturated heterocycles. The third-order valence-electron chi connectivity index (χ3n) is 5.02. The Hall–Kier alpha value is -2.13. The molecule has 7 nitrogen and oxygen atoms in total. The summed E-state index contributed by atoms with van der Waals surface area (Å²) in [7, 11) is -3.75. The van der Waals surface area contributed by atoms with E-state index in [-0.39, 0.29) is 24.6 Å². The Morgan fingerprint density at radius 2 is 1.66 bits per heavy atom. The van der Waals surface area contributed by atoms with Gasteiger partial charge in [-0.25, -0.2) is 18.1 Å². The van der Waals surface area contributed by atoms with Gasteiger partial charge in [0.1, 0.15) is 0 Å². The number of carbonyl (C=O) groups is 2. The zero-order valence-corrected chi connectivity index (χ0v) is 17.4. The molecule has 0 bridgehead atoms. The summed E-state index contributed by atoms with van der Waals surface area (Å²) >= 11 is 12.0. The molecule has 0 saturated carbocycles. The van der Waals surface area contributed by atoms with Gasteiger partial charge in [-0.15, -0.1) is 0 Å². The number of imide groups is 1. The fourth-order valence-corrected chi connectivity index (χ4v) is 5.29. The molecule has 0 aromatic heterocycles. The summed E-state index contributed by atoms with van der Waals surface area (Å²) in [5.41, 5.74) is 1.61. The highest BCUT2D eigenvalue weighted by Crippen LogP contribution is 2.30. The number of rotatable bonds is 4. The van der Waals surface area contributed by atoms with Crippen LogP contribution in [0.5, 0.6) is 0 Å². The summed E-state index contributed by atoms with van der Waals surface area (Å²) in [6.07, 6.45) is -0.341. The number of hydrogen-bond donors (Lipinski definition) is 0. The van der Waals surface area contributed by atoms with Gasteiger partial charge in [0.25, 0.3) is 5.91 Å². The van der Waals surface area contributed by atoms with Gasteiger partial charge in [-0.2, -0.15) is 4.31 Å². The van der Waals surface area contributed by atoms with Gasteiger partial charge in [-0.3, -0.25) is 4.79 Å². The minimum atomic E-state index is -3.75. The first kappa shape index (κ1) is 20.2. The Bertz CT molecular complexity index is 1070. The van der Waals surface area contributed by atoms with Gasteiger partial charge in [0.2, 0.25) is 10.0 Å². The van der Waals surface area contributed by atoms with Crippen molar-refractivity contribution in [3.8, 4) is 11.1 Å². The minimum Gasteiger partial charge on any atom is -0.439 e. The number of ether oxygens (including phenoxy) is 1. The van der Waals surface area contributed by atoms with E-state index >= 15 is 0 Å². The molecule has 1 atom stereocenters. The van der Waals surface area contributed by atoms with E-state index in [0.29, 0.717) is 16.5 Å². The molecule has 2 aliphatic heterocycles. The average Bonchev–Trinajstić information content (AvgIpc) is 3.31. The summed E-state index contributed by atoms with van der Waals surface area (Å²) in [5.74, 6) is -0.440. The molecule has 2 heterocycles. The second-order valence-corrected chi connectivity index (χ2v) is 9.53. The molecule has 0 aliphatic carbocycles. The average molecular weight is 455 g/mol. The van der Waals surface area contributed by atoms with Crippen molar-refractivity contribution < 1.29 is 22.7 Å². The van der Waals surface area contributed by atoms with Crippen molar-refractivity contribution in [3.05, 3.63) is 52.5 Å².